The molecule has 0 unspecified atom stereocenters. The zero-order chi connectivity index (χ0) is 19.7. The van der Waals surface area contributed by atoms with Crippen LogP contribution in [0.25, 0.3) is 10.9 Å². The Bertz CT molecular complexity index is 1130. The molecular formula is C20H19N3O4S. The summed E-state index contributed by atoms with van der Waals surface area (Å²) in [6.45, 7) is 1.98. The van der Waals surface area contributed by atoms with Crippen molar-refractivity contribution < 1.29 is 14.3 Å². The van der Waals surface area contributed by atoms with E-state index in [1.54, 1.807) is 31.2 Å². The molecule has 2 heterocycles. The first-order valence-corrected chi connectivity index (χ1v) is 9.96. The smallest absolute Gasteiger partial charge is 0.341 e. The number of nitrogens with one attached hydrogen (secondary N) is 1. The van der Waals surface area contributed by atoms with E-state index in [-0.39, 0.29) is 24.5 Å². The van der Waals surface area contributed by atoms with E-state index in [1.165, 1.54) is 22.2 Å². The topological polar surface area (TPSA) is 90.3 Å². The van der Waals surface area contributed by atoms with E-state index in [4.69, 9.17) is 4.74 Å². The van der Waals surface area contributed by atoms with Gasteiger partial charge in [-0.3, -0.25) is 14.3 Å². The number of amides is 1. The number of carbonyl (C=O) groups excluding carboxylic acids is 2. The Morgan fingerprint density at radius 1 is 1.29 bits per heavy atom. The molecule has 0 saturated heterocycles. The van der Waals surface area contributed by atoms with E-state index in [9.17, 15) is 14.4 Å². The summed E-state index contributed by atoms with van der Waals surface area (Å²) in [7, 11) is 0. The first-order valence-electron chi connectivity index (χ1n) is 9.15. The number of rotatable bonds is 5. The van der Waals surface area contributed by atoms with Crippen LogP contribution in [0.5, 0.6) is 0 Å². The van der Waals surface area contributed by atoms with Crippen LogP contribution < -0.4 is 10.7 Å². The molecule has 1 aliphatic carbocycles. The molecule has 4 rings (SSSR count). The molecule has 0 fully saturated rings. The maximum Gasteiger partial charge on any atom is 0.341 e. The van der Waals surface area contributed by atoms with Crippen LogP contribution in [-0.2, 0) is 28.9 Å². The van der Waals surface area contributed by atoms with Crippen LogP contribution in [0.2, 0.25) is 0 Å². The van der Waals surface area contributed by atoms with Crippen molar-refractivity contribution in [1.29, 1.82) is 0 Å². The molecule has 1 N–H and O–H groups in total. The van der Waals surface area contributed by atoms with Crippen molar-refractivity contribution in [2.75, 3.05) is 11.9 Å². The predicted octanol–water partition coefficient (Wildman–Crippen LogP) is 2.76. The van der Waals surface area contributed by atoms with Crippen LogP contribution in [-0.4, -0.2) is 28.3 Å². The van der Waals surface area contributed by atoms with Crippen molar-refractivity contribution in [2.45, 2.75) is 32.7 Å². The summed E-state index contributed by atoms with van der Waals surface area (Å²) < 4.78 is 6.67. The highest BCUT2D eigenvalue weighted by Gasteiger charge is 2.28. The molecule has 2 aromatic heterocycles. The maximum absolute atomic E-state index is 12.7. The number of hydrogen-bond donors (Lipinski definition) is 1. The highest BCUT2D eigenvalue weighted by Crippen LogP contribution is 2.39. The van der Waals surface area contributed by atoms with Gasteiger partial charge in [-0.05, 0) is 43.9 Å². The molecule has 0 atom stereocenters. The van der Waals surface area contributed by atoms with Gasteiger partial charge in [0.25, 0.3) is 0 Å². The van der Waals surface area contributed by atoms with E-state index in [2.05, 4.69) is 10.4 Å². The van der Waals surface area contributed by atoms with Gasteiger partial charge in [0.1, 0.15) is 11.5 Å². The van der Waals surface area contributed by atoms with Gasteiger partial charge >= 0.3 is 5.97 Å². The van der Waals surface area contributed by atoms with Crippen molar-refractivity contribution in [3.63, 3.8) is 0 Å². The number of aryl methyl sites for hydroxylation is 1. The van der Waals surface area contributed by atoms with Crippen molar-refractivity contribution in [2.24, 2.45) is 0 Å². The van der Waals surface area contributed by atoms with Crippen molar-refractivity contribution >= 4 is 39.1 Å². The first kappa shape index (κ1) is 18.4. The van der Waals surface area contributed by atoms with Gasteiger partial charge in [-0.1, -0.05) is 12.1 Å². The van der Waals surface area contributed by atoms with Gasteiger partial charge in [-0.25, -0.2) is 4.79 Å². The Morgan fingerprint density at radius 3 is 2.93 bits per heavy atom. The number of nitrogens with zero attached hydrogens (tertiary/aromatic N) is 2. The van der Waals surface area contributed by atoms with Crippen molar-refractivity contribution in [3.8, 4) is 0 Å². The normalized spacial score (nSPS) is 12.8. The summed E-state index contributed by atoms with van der Waals surface area (Å²) in [5.41, 5.74) is 1.87. The summed E-state index contributed by atoms with van der Waals surface area (Å²) in [5.74, 6) is -0.712. The number of benzene rings is 1. The van der Waals surface area contributed by atoms with E-state index in [0.29, 0.717) is 21.5 Å². The molecule has 28 heavy (non-hydrogen) atoms. The molecule has 0 aliphatic heterocycles. The van der Waals surface area contributed by atoms with Crippen LogP contribution >= 0.6 is 11.3 Å². The molecular weight excluding hydrogens is 378 g/mol. The molecule has 1 aromatic carbocycles. The molecule has 3 aromatic rings. The zero-order valence-electron chi connectivity index (χ0n) is 15.4. The van der Waals surface area contributed by atoms with E-state index >= 15 is 0 Å². The van der Waals surface area contributed by atoms with Gasteiger partial charge < -0.3 is 10.1 Å². The van der Waals surface area contributed by atoms with Crippen LogP contribution in [0.3, 0.4) is 0 Å². The van der Waals surface area contributed by atoms with Crippen LogP contribution in [0.1, 0.15) is 34.1 Å². The second-order valence-electron chi connectivity index (χ2n) is 6.51. The Balaban J connectivity index is 1.61. The number of fused-ring (bicyclic) bond motifs is 2. The maximum atomic E-state index is 12.7. The molecule has 1 aliphatic rings. The minimum Gasteiger partial charge on any atom is -0.462 e. The standard InChI is InChI=1S/C20H19N3O4S/c1-2-27-20(26)18-13-7-5-9-16(13)28-19(18)22-17(25)11-23-14-8-4-3-6-12(14)15(24)10-21-23/h3-4,6,8,10H,2,5,7,9,11H2,1H3,(H,22,25). The van der Waals surface area contributed by atoms with Crippen LogP contribution in [0, 0.1) is 0 Å². The number of aromatic nitrogens is 2. The SMILES string of the molecule is CCOC(=O)c1c(NC(=O)Cn2ncc(=O)c3ccccc32)sc2c1CCC2. The lowest BCUT2D eigenvalue weighted by atomic mass is 10.1. The molecule has 8 heteroatoms. The summed E-state index contributed by atoms with van der Waals surface area (Å²) in [5, 5.41) is 7.96. The van der Waals surface area contributed by atoms with Gasteiger partial charge in [0.05, 0.1) is 23.9 Å². The Kier molecular flexibility index (Phi) is 4.95. The fourth-order valence-corrected chi connectivity index (χ4v) is 4.79. The number of para-hydroxylation sites is 1. The molecule has 1 amide bonds. The average Bonchev–Trinajstić information content (AvgIpc) is 3.25. The minimum absolute atomic E-state index is 0.0639. The van der Waals surface area contributed by atoms with Crippen LogP contribution in [0.15, 0.2) is 35.3 Å². The van der Waals surface area contributed by atoms with E-state index in [0.717, 1.165) is 29.7 Å². The van der Waals surface area contributed by atoms with Crippen molar-refractivity contribution in [3.05, 3.63) is 56.7 Å². The Labute approximate surface area is 164 Å². The molecule has 0 spiro atoms. The number of carbonyl (C=O) groups is 2. The van der Waals surface area contributed by atoms with E-state index in [1.807, 2.05) is 0 Å². The molecule has 7 nitrogen and oxygen atoms in total. The lowest BCUT2D eigenvalue weighted by Gasteiger charge is -2.10. The lowest BCUT2D eigenvalue weighted by molar-refractivity contribution is -0.116. The summed E-state index contributed by atoms with van der Waals surface area (Å²) >= 11 is 1.44. The summed E-state index contributed by atoms with van der Waals surface area (Å²) in [6, 6.07) is 7.02. The van der Waals surface area contributed by atoms with E-state index < -0.39 is 5.97 Å². The Hall–Kier alpha value is -3.00. The quantitative estimate of drug-likeness (QED) is 0.669. The van der Waals surface area contributed by atoms with Gasteiger partial charge in [0.2, 0.25) is 11.3 Å². The van der Waals surface area contributed by atoms with Gasteiger partial charge in [-0.15, -0.1) is 11.3 Å². The van der Waals surface area contributed by atoms with Crippen molar-refractivity contribution in [1.82, 2.24) is 9.78 Å². The zero-order valence-corrected chi connectivity index (χ0v) is 16.2. The Morgan fingerprint density at radius 2 is 2.11 bits per heavy atom. The van der Waals surface area contributed by atoms with Crippen LogP contribution in [0.4, 0.5) is 5.00 Å². The fourth-order valence-electron chi connectivity index (χ4n) is 3.50. The summed E-state index contributed by atoms with van der Waals surface area (Å²) in [6.07, 6.45) is 3.95. The molecule has 144 valence electrons. The minimum atomic E-state index is -0.399. The highest BCUT2D eigenvalue weighted by atomic mass is 32.1. The largest absolute Gasteiger partial charge is 0.462 e. The summed E-state index contributed by atoms with van der Waals surface area (Å²) in [4.78, 5) is 38.2. The number of esters is 1. The third-order valence-corrected chi connectivity index (χ3v) is 5.92. The predicted molar refractivity (Wildman–Crippen MR) is 107 cm³/mol. The highest BCUT2D eigenvalue weighted by molar-refractivity contribution is 7.17. The third-order valence-electron chi connectivity index (χ3n) is 4.71. The monoisotopic (exact) mass is 397 g/mol. The molecule has 0 radical (unpaired) electrons. The first-order chi connectivity index (χ1) is 13.6. The number of thiophene rings is 1. The number of hydrogen-bond acceptors (Lipinski definition) is 6. The second kappa shape index (κ2) is 7.55. The van der Waals surface area contributed by atoms with Gasteiger partial charge in [-0.2, -0.15) is 5.10 Å². The average molecular weight is 397 g/mol. The number of anilines is 1. The fraction of sp³-hybridized carbons (Fsp3) is 0.300. The van der Waals surface area contributed by atoms with Gasteiger partial charge in [0.15, 0.2) is 0 Å². The molecule has 0 bridgehead atoms. The second-order valence-corrected chi connectivity index (χ2v) is 7.62. The lowest BCUT2D eigenvalue weighted by Crippen LogP contribution is -2.23. The molecule has 0 saturated carbocycles. The van der Waals surface area contributed by atoms with Gasteiger partial charge in [0, 0.05) is 10.3 Å². The number of ether oxygens (including phenoxy) is 1. The third kappa shape index (κ3) is 3.31.